The molecule has 1 fully saturated rings. The molecule has 126 valence electrons. The highest BCUT2D eigenvalue weighted by Crippen LogP contribution is 2.24. The minimum atomic E-state index is 0.104. The lowest BCUT2D eigenvalue weighted by molar-refractivity contribution is -0.138. The highest BCUT2D eigenvalue weighted by Gasteiger charge is 2.25. The van der Waals surface area contributed by atoms with Gasteiger partial charge in [-0.3, -0.25) is 9.59 Å². The molecule has 0 aliphatic carbocycles. The monoisotopic (exact) mass is 335 g/mol. The van der Waals surface area contributed by atoms with E-state index in [2.05, 4.69) is 11.4 Å². The molecule has 0 aromatic carbocycles. The van der Waals surface area contributed by atoms with E-state index in [0.29, 0.717) is 31.8 Å². The molecule has 1 aromatic rings. The van der Waals surface area contributed by atoms with Crippen molar-refractivity contribution in [1.82, 2.24) is 9.80 Å². The number of nitrogens with two attached hydrogens (primary N) is 1. The molecule has 1 saturated heterocycles. The van der Waals surface area contributed by atoms with Crippen LogP contribution < -0.4 is 5.73 Å². The number of fused-ring (bicyclic) bond motifs is 1. The summed E-state index contributed by atoms with van der Waals surface area (Å²) in [4.78, 5) is 29.8. The summed E-state index contributed by atoms with van der Waals surface area (Å²) in [6, 6.07) is 2.10. The van der Waals surface area contributed by atoms with Crippen molar-refractivity contribution in [3.63, 3.8) is 0 Å². The molecule has 5 nitrogen and oxygen atoms in total. The van der Waals surface area contributed by atoms with Crippen molar-refractivity contribution in [2.45, 2.75) is 38.6 Å². The third-order valence-electron chi connectivity index (χ3n) is 5.01. The van der Waals surface area contributed by atoms with E-state index in [9.17, 15) is 9.59 Å². The Morgan fingerprint density at radius 1 is 1.13 bits per heavy atom. The van der Waals surface area contributed by atoms with Crippen LogP contribution in [0.25, 0.3) is 0 Å². The Balaban J connectivity index is 1.43. The van der Waals surface area contributed by atoms with Gasteiger partial charge >= 0.3 is 0 Å². The first-order chi connectivity index (χ1) is 11.2. The molecule has 0 radical (unpaired) electrons. The summed E-state index contributed by atoms with van der Waals surface area (Å²) in [6.07, 6.45) is 3.58. The number of hydrogen-bond acceptors (Lipinski definition) is 4. The van der Waals surface area contributed by atoms with Gasteiger partial charge in [0, 0.05) is 43.9 Å². The molecular formula is C17H25N3O2S. The molecule has 0 unspecified atom stereocenters. The van der Waals surface area contributed by atoms with Crippen LogP contribution in [0, 0.1) is 5.92 Å². The number of carbonyl (C=O) groups excluding carboxylic acids is 2. The second-order valence-corrected chi connectivity index (χ2v) is 7.49. The number of piperidine rings is 1. The molecule has 2 N–H and O–H groups in total. The fourth-order valence-electron chi connectivity index (χ4n) is 3.41. The Morgan fingerprint density at radius 2 is 1.83 bits per heavy atom. The average molecular weight is 335 g/mol. The van der Waals surface area contributed by atoms with E-state index >= 15 is 0 Å². The molecule has 6 heteroatoms. The van der Waals surface area contributed by atoms with Gasteiger partial charge in [0.1, 0.15) is 0 Å². The Labute approximate surface area is 141 Å². The molecule has 2 aliphatic heterocycles. The van der Waals surface area contributed by atoms with Crippen molar-refractivity contribution in [3.05, 3.63) is 21.9 Å². The van der Waals surface area contributed by atoms with Crippen LogP contribution in [0.4, 0.5) is 0 Å². The van der Waals surface area contributed by atoms with Gasteiger partial charge in [-0.05, 0) is 48.7 Å². The second kappa shape index (κ2) is 7.45. The van der Waals surface area contributed by atoms with Crippen molar-refractivity contribution in [1.29, 1.82) is 0 Å². The molecule has 0 saturated carbocycles. The summed E-state index contributed by atoms with van der Waals surface area (Å²) < 4.78 is 0. The van der Waals surface area contributed by atoms with Crippen LogP contribution in [0.3, 0.4) is 0 Å². The molecule has 23 heavy (non-hydrogen) atoms. The van der Waals surface area contributed by atoms with Gasteiger partial charge in [-0.1, -0.05) is 0 Å². The number of hydrogen-bond donors (Lipinski definition) is 1. The van der Waals surface area contributed by atoms with Crippen molar-refractivity contribution >= 4 is 23.2 Å². The summed E-state index contributed by atoms with van der Waals surface area (Å²) >= 11 is 1.77. The third kappa shape index (κ3) is 3.93. The fraction of sp³-hybridized carbons (Fsp3) is 0.647. The number of likely N-dealkylation sites (tertiary alicyclic amines) is 1. The number of carbonyl (C=O) groups is 2. The smallest absolute Gasteiger partial charge is 0.223 e. The lowest BCUT2D eigenvalue weighted by Gasteiger charge is -2.32. The number of thiophene rings is 1. The van der Waals surface area contributed by atoms with Crippen molar-refractivity contribution < 1.29 is 9.59 Å². The second-order valence-electron chi connectivity index (χ2n) is 6.49. The zero-order valence-corrected chi connectivity index (χ0v) is 14.3. The van der Waals surface area contributed by atoms with Crippen LogP contribution >= 0.6 is 11.3 Å². The third-order valence-corrected chi connectivity index (χ3v) is 6.04. The van der Waals surface area contributed by atoms with E-state index in [0.717, 1.165) is 38.9 Å². The summed E-state index contributed by atoms with van der Waals surface area (Å²) in [5.74, 6) is 0.767. The maximum absolute atomic E-state index is 12.4. The molecule has 0 atom stereocenters. The SMILES string of the molecule is NCC1CCN(C(=O)CCC(=O)N2CCc3sccc3C2)CC1. The zero-order chi connectivity index (χ0) is 16.2. The van der Waals surface area contributed by atoms with E-state index in [4.69, 9.17) is 5.73 Å². The van der Waals surface area contributed by atoms with E-state index in [-0.39, 0.29) is 11.8 Å². The largest absolute Gasteiger partial charge is 0.343 e. The Hall–Kier alpha value is -1.40. The summed E-state index contributed by atoms with van der Waals surface area (Å²) in [5.41, 5.74) is 6.95. The van der Waals surface area contributed by atoms with Crippen molar-refractivity contribution in [2.24, 2.45) is 11.7 Å². The van der Waals surface area contributed by atoms with Gasteiger partial charge in [-0.25, -0.2) is 0 Å². The number of nitrogens with zero attached hydrogens (tertiary/aromatic N) is 2. The zero-order valence-electron chi connectivity index (χ0n) is 13.5. The van der Waals surface area contributed by atoms with Gasteiger partial charge in [0.2, 0.25) is 11.8 Å². The molecule has 2 amide bonds. The van der Waals surface area contributed by atoms with Crippen LogP contribution in [0.2, 0.25) is 0 Å². The van der Waals surface area contributed by atoms with E-state index < -0.39 is 0 Å². The molecule has 3 heterocycles. The summed E-state index contributed by atoms with van der Waals surface area (Å²) in [7, 11) is 0. The Kier molecular flexibility index (Phi) is 5.33. The maximum Gasteiger partial charge on any atom is 0.223 e. The van der Waals surface area contributed by atoms with Crippen LogP contribution in [-0.2, 0) is 22.6 Å². The highest BCUT2D eigenvalue weighted by atomic mass is 32.1. The quantitative estimate of drug-likeness (QED) is 0.909. The molecule has 0 bridgehead atoms. The summed E-state index contributed by atoms with van der Waals surface area (Å²) in [6.45, 7) is 3.77. The number of rotatable bonds is 4. The van der Waals surface area contributed by atoms with E-state index in [1.165, 1.54) is 10.4 Å². The molecule has 0 spiro atoms. The van der Waals surface area contributed by atoms with Gasteiger partial charge in [-0.15, -0.1) is 11.3 Å². The lowest BCUT2D eigenvalue weighted by Crippen LogP contribution is -2.41. The van der Waals surface area contributed by atoms with E-state index in [1.807, 2.05) is 9.80 Å². The van der Waals surface area contributed by atoms with Crippen molar-refractivity contribution in [2.75, 3.05) is 26.2 Å². The first kappa shape index (κ1) is 16.5. The highest BCUT2D eigenvalue weighted by molar-refractivity contribution is 7.10. The minimum absolute atomic E-state index is 0.104. The van der Waals surface area contributed by atoms with Gasteiger partial charge in [0.15, 0.2) is 0 Å². The van der Waals surface area contributed by atoms with Gasteiger partial charge in [-0.2, -0.15) is 0 Å². The van der Waals surface area contributed by atoms with Crippen LogP contribution in [0.15, 0.2) is 11.4 Å². The lowest BCUT2D eigenvalue weighted by atomic mass is 9.97. The maximum atomic E-state index is 12.4. The van der Waals surface area contributed by atoms with Gasteiger partial charge < -0.3 is 15.5 Å². The molecular weight excluding hydrogens is 310 g/mol. The fourth-order valence-corrected chi connectivity index (χ4v) is 4.30. The van der Waals surface area contributed by atoms with Crippen molar-refractivity contribution in [3.8, 4) is 0 Å². The van der Waals surface area contributed by atoms with Gasteiger partial charge in [0.05, 0.1) is 0 Å². The first-order valence-electron chi connectivity index (χ1n) is 8.48. The predicted octanol–water partition coefficient (Wildman–Crippen LogP) is 1.61. The topological polar surface area (TPSA) is 66.6 Å². The Morgan fingerprint density at radius 3 is 2.52 bits per heavy atom. The average Bonchev–Trinajstić information content (AvgIpc) is 3.07. The van der Waals surface area contributed by atoms with Crippen LogP contribution in [0.5, 0.6) is 0 Å². The Bertz CT molecular complexity index is 564. The molecule has 2 aliphatic rings. The standard InChI is InChI=1S/C17H25N3O2S/c18-11-13-3-7-19(8-4-13)16(21)1-2-17(22)20-9-5-15-14(12-20)6-10-23-15/h6,10,13H,1-5,7-9,11-12,18H2. The first-order valence-corrected chi connectivity index (χ1v) is 9.36. The predicted molar refractivity (Wildman–Crippen MR) is 91.0 cm³/mol. The number of amides is 2. The normalized spacial score (nSPS) is 18.8. The summed E-state index contributed by atoms with van der Waals surface area (Å²) in [5, 5.41) is 2.09. The van der Waals surface area contributed by atoms with Crippen LogP contribution in [-0.4, -0.2) is 47.8 Å². The minimum Gasteiger partial charge on any atom is -0.343 e. The van der Waals surface area contributed by atoms with Gasteiger partial charge in [0.25, 0.3) is 0 Å². The van der Waals surface area contributed by atoms with E-state index in [1.54, 1.807) is 11.3 Å². The molecule has 3 rings (SSSR count). The molecule has 1 aromatic heterocycles. The van der Waals surface area contributed by atoms with Crippen LogP contribution in [0.1, 0.15) is 36.1 Å².